The maximum Gasteiger partial charge on any atom is 0.248 e. The Kier molecular flexibility index (Phi) is 5.89. The molecule has 0 aliphatic carbocycles. The molecule has 0 aliphatic rings. The van der Waals surface area contributed by atoms with Crippen LogP contribution in [0.1, 0.15) is 15.9 Å². The molecular formula is C17H17ClFN3O2. The van der Waals surface area contributed by atoms with E-state index in [4.69, 9.17) is 17.3 Å². The number of rotatable bonds is 6. The zero-order valence-corrected chi connectivity index (χ0v) is 13.8. The summed E-state index contributed by atoms with van der Waals surface area (Å²) in [6, 6.07) is 10.7. The maximum absolute atomic E-state index is 13.7. The molecule has 0 bridgehead atoms. The van der Waals surface area contributed by atoms with Gasteiger partial charge in [-0.05, 0) is 43.4 Å². The van der Waals surface area contributed by atoms with Crippen LogP contribution in [0, 0.1) is 5.82 Å². The van der Waals surface area contributed by atoms with E-state index in [2.05, 4.69) is 5.32 Å². The first-order valence-electron chi connectivity index (χ1n) is 7.18. The third-order valence-corrected chi connectivity index (χ3v) is 3.71. The zero-order chi connectivity index (χ0) is 17.7. The van der Waals surface area contributed by atoms with Crippen LogP contribution in [0.15, 0.2) is 42.5 Å². The molecule has 3 N–H and O–H groups in total. The molecule has 2 aromatic carbocycles. The number of carbonyl (C=O) groups excluding carboxylic acids is 2. The summed E-state index contributed by atoms with van der Waals surface area (Å²) in [7, 11) is 1.69. The van der Waals surface area contributed by atoms with Crippen LogP contribution in [-0.2, 0) is 11.3 Å². The van der Waals surface area contributed by atoms with Crippen molar-refractivity contribution in [3.63, 3.8) is 0 Å². The number of benzene rings is 2. The summed E-state index contributed by atoms with van der Waals surface area (Å²) in [4.78, 5) is 24.7. The third kappa shape index (κ3) is 4.78. The van der Waals surface area contributed by atoms with Gasteiger partial charge in [0, 0.05) is 28.4 Å². The Bertz CT molecular complexity index is 730. The monoisotopic (exact) mass is 349 g/mol. The molecule has 0 unspecified atom stereocenters. The Morgan fingerprint density at radius 1 is 1.21 bits per heavy atom. The lowest BCUT2D eigenvalue weighted by atomic mass is 10.2. The van der Waals surface area contributed by atoms with Crippen molar-refractivity contribution in [1.29, 1.82) is 0 Å². The van der Waals surface area contributed by atoms with Gasteiger partial charge in [-0.1, -0.05) is 17.7 Å². The number of hydrogen-bond donors (Lipinski definition) is 2. The molecule has 2 rings (SSSR count). The minimum Gasteiger partial charge on any atom is -0.366 e. The van der Waals surface area contributed by atoms with Gasteiger partial charge in [-0.15, -0.1) is 0 Å². The topological polar surface area (TPSA) is 75.4 Å². The first-order valence-corrected chi connectivity index (χ1v) is 7.56. The van der Waals surface area contributed by atoms with Crippen molar-refractivity contribution in [1.82, 2.24) is 4.90 Å². The SMILES string of the molecule is CN(CC(=O)Nc1ccc(C(N)=O)cc1)Cc1c(F)cccc1Cl. The molecule has 0 aromatic heterocycles. The number of likely N-dealkylation sites (N-methyl/N-ethyl adjacent to an activating group) is 1. The zero-order valence-electron chi connectivity index (χ0n) is 13.1. The molecule has 126 valence electrons. The van der Waals surface area contributed by atoms with Crippen LogP contribution in [0.2, 0.25) is 5.02 Å². The Labute approximate surface area is 144 Å². The number of amides is 2. The number of primary amides is 1. The van der Waals surface area contributed by atoms with Crippen LogP contribution < -0.4 is 11.1 Å². The summed E-state index contributed by atoms with van der Waals surface area (Å²) >= 11 is 5.98. The van der Waals surface area contributed by atoms with Gasteiger partial charge >= 0.3 is 0 Å². The van der Waals surface area contributed by atoms with E-state index in [0.29, 0.717) is 21.8 Å². The number of hydrogen-bond acceptors (Lipinski definition) is 3. The highest BCUT2D eigenvalue weighted by atomic mass is 35.5. The third-order valence-electron chi connectivity index (χ3n) is 3.36. The number of halogens is 2. The molecule has 0 saturated carbocycles. The lowest BCUT2D eigenvalue weighted by Crippen LogP contribution is -2.30. The van der Waals surface area contributed by atoms with Crippen molar-refractivity contribution in [3.8, 4) is 0 Å². The van der Waals surface area contributed by atoms with Gasteiger partial charge in [0.25, 0.3) is 0 Å². The summed E-state index contributed by atoms with van der Waals surface area (Å²) in [5, 5.41) is 3.02. The average Bonchev–Trinajstić information content (AvgIpc) is 2.51. The average molecular weight is 350 g/mol. The first kappa shape index (κ1) is 17.9. The fourth-order valence-electron chi connectivity index (χ4n) is 2.17. The normalized spacial score (nSPS) is 10.7. The quantitative estimate of drug-likeness (QED) is 0.841. The van der Waals surface area contributed by atoms with Crippen LogP contribution in [0.4, 0.5) is 10.1 Å². The van der Waals surface area contributed by atoms with Gasteiger partial charge in [-0.3, -0.25) is 14.5 Å². The van der Waals surface area contributed by atoms with Crippen molar-refractivity contribution in [2.24, 2.45) is 5.73 Å². The van der Waals surface area contributed by atoms with Gasteiger partial charge in [0.2, 0.25) is 11.8 Å². The van der Waals surface area contributed by atoms with E-state index in [1.807, 2.05) is 0 Å². The van der Waals surface area contributed by atoms with Crippen LogP contribution in [-0.4, -0.2) is 30.3 Å². The van der Waals surface area contributed by atoms with E-state index >= 15 is 0 Å². The predicted octanol–water partition coefficient (Wildman–Crippen LogP) is 2.65. The molecule has 24 heavy (non-hydrogen) atoms. The molecule has 2 aromatic rings. The lowest BCUT2D eigenvalue weighted by molar-refractivity contribution is -0.117. The molecule has 0 saturated heterocycles. The van der Waals surface area contributed by atoms with Gasteiger partial charge in [0.1, 0.15) is 5.82 Å². The number of carbonyl (C=O) groups is 2. The van der Waals surface area contributed by atoms with Gasteiger partial charge in [-0.25, -0.2) is 4.39 Å². The molecule has 7 heteroatoms. The van der Waals surface area contributed by atoms with Crippen molar-refractivity contribution in [3.05, 3.63) is 64.4 Å². The van der Waals surface area contributed by atoms with Gasteiger partial charge in [0.05, 0.1) is 6.54 Å². The molecular weight excluding hydrogens is 333 g/mol. The van der Waals surface area contributed by atoms with Gasteiger partial charge in [0.15, 0.2) is 0 Å². The van der Waals surface area contributed by atoms with Crippen molar-refractivity contribution in [2.45, 2.75) is 6.54 Å². The number of nitrogens with two attached hydrogens (primary N) is 1. The fraction of sp³-hybridized carbons (Fsp3) is 0.176. The smallest absolute Gasteiger partial charge is 0.248 e. The lowest BCUT2D eigenvalue weighted by Gasteiger charge is -2.17. The van der Waals surface area contributed by atoms with E-state index in [9.17, 15) is 14.0 Å². The van der Waals surface area contributed by atoms with E-state index < -0.39 is 11.7 Å². The van der Waals surface area contributed by atoms with Crippen LogP contribution in [0.5, 0.6) is 0 Å². The molecule has 0 atom stereocenters. The Balaban J connectivity index is 1.93. The highest BCUT2D eigenvalue weighted by molar-refractivity contribution is 6.31. The number of anilines is 1. The Morgan fingerprint density at radius 2 is 1.88 bits per heavy atom. The summed E-state index contributed by atoms with van der Waals surface area (Å²) in [6.07, 6.45) is 0. The largest absolute Gasteiger partial charge is 0.366 e. The van der Waals surface area contributed by atoms with Crippen molar-refractivity contribution >= 4 is 29.1 Å². The molecule has 0 aliphatic heterocycles. The molecule has 2 amide bonds. The van der Waals surface area contributed by atoms with Crippen LogP contribution >= 0.6 is 11.6 Å². The summed E-state index contributed by atoms with van der Waals surface area (Å²) in [5.74, 6) is -1.21. The predicted molar refractivity (Wildman–Crippen MR) is 91.3 cm³/mol. The van der Waals surface area contributed by atoms with Crippen LogP contribution in [0.3, 0.4) is 0 Å². The molecule has 0 heterocycles. The number of nitrogens with one attached hydrogen (secondary N) is 1. The molecule has 5 nitrogen and oxygen atoms in total. The van der Waals surface area contributed by atoms with Gasteiger partial charge in [-0.2, -0.15) is 0 Å². The second-order valence-electron chi connectivity index (χ2n) is 5.36. The minimum atomic E-state index is -0.533. The van der Waals surface area contributed by atoms with E-state index in [1.54, 1.807) is 30.1 Å². The molecule has 0 spiro atoms. The van der Waals surface area contributed by atoms with E-state index in [0.717, 1.165) is 0 Å². The Hall–Kier alpha value is -2.44. The van der Waals surface area contributed by atoms with E-state index in [-0.39, 0.29) is 19.0 Å². The van der Waals surface area contributed by atoms with E-state index in [1.165, 1.54) is 24.3 Å². The Morgan fingerprint density at radius 3 is 2.46 bits per heavy atom. The summed E-state index contributed by atoms with van der Waals surface area (Å²) < 4.78 is 13.7. The highest BCUT2D eigenvalue weighted by Gasteiger charge is 2.12. The highest BCUT2D eigenvalue weighted by Crippen LogP contribution is 2.20. The second kappa shape index (κ2) is 7.90. The number of nitrogens with zero attached hydrogens (tertiary/aromatic N) is 1. The first-order chi connectivity index (χ1) is 11.4. The standard InChI is InChI=1S/C17H17ClFN3O2/c1-22(9-13-14(18)3-2-4-15(13)19)10-16(23)21-12-7-5-11(6-8-12)17(20)24/h2-8H,9-10H2,1H3,(H2,20,24)(H,21,23). The minimum absolute atomic E-state index is 0.0578. The van der Waals surface area contributed by atoms with Gasteiger partial charge < -0.3 is 11.1 Å². The maximum atomic E-state index is 13.7. The van der Waals surface area contributed by atoms with Crippen molar-refractivity contribution in [2.75, 3.05) is 18.9 Å². The second-order valence-corrected chi connectivity index (χ2v) is 5.77. The molecule has 0 radical (unpaired) electrons. The fourth-order valence-corrected chi connectivity index (χ4v) is 2.40. The van der Waals surface area contributed by atoms with Crippen LogP contribution in [0.25, 0.3) is 0 Å². The molecule has 0 fully saturated rings. The summed E-state index contributed by atoms with van der Waals surface area (Å²) in [6.45, 7) is 0.266. The summed E-state index contributed by atoms with van der Waals surface area (Å²) in [5.41, 5.74) is 6.41. The van der Waals surface area contributed by atoms with Crippen molar-refractivity contribution < 1.29 is 14.0 Å².